The molecular formula is C15H22F2N2. The summed E-state index contributed by atoms with van der Waals surface area (Å²) in [4.78, 5) is 2.03. The molecule has 1 aliphatic rings. The van der Waals surface area contributed by atoms with Gasteiger partial charge in [-0.2, -0.15) is 0 Å². The highest BCUT2D eigenvalue weighted by Crippen LogP contribution is 2.31. The molecule has 2 nitrogen and oxygen atoms in total. The average molecular weight is 268 g/mol. The van der Waals surface area contributed by atoms with E-state index in [0.29, 0.717) is 11.7 Å². The Hall–Kier alpha value is -1.16. The fourth-order valence-corrected chi connectivity index (χ4v) is 2.91. The fraction of sp³-hybridized carbons (Fsp3) is 0.600. The average Bonchev–Trinajstić information content (AvgIpc) is 2.43. The highest BCUT2D eigenvalue weighted by Gasteiger charge is 2.25. The Morgan fingerprint density at radius 3 is 2.74 bits per heavy atom. The molecule has 0 bridgehead atoms. The molecule has 19 heavy (non-hydrogen) atoms. The van der Waals surface area contributed by atoms with E-state index >= 15 is 0 Å². The van der Waals surface area contributed by atoms with Gasteiger partial charge >= 0.3 is 0 Å². The van der Waals surface area contributed by atoms with Crippen molar-refractivity contribution in [2.24, 2.45) is 5.73 Å². The lowest BCUT2D eigenvalue weighted by Crippen LogP contribution is -2.40. The van der Waals surface area contributed by atoms with Crippen molar-refractivity contribution in [3.63, 3.8) is 0 Å². The van der Waals surface area contributed by atoms with Crippen molar-refractivity contribution < 1.29 is 8.78 Å². The van der Waals surface area contributed by atoms with E-state index in [1.54, 1.807) is 12.1 Å². The summed E-state index contributed by atoms with van der Waals surface area (Å²) in [6.07, 6.45) is 5.37. The molecule has 1 atom stereocenters. The molecule has 1 aromatic rings. The van der Waals surface area contributed by atoms with Crippen molar-refractivity contribution in [1.29, 1.82) is 0 Å². The molecule has 0 amide bonds. The number of anilines is 1. The van der Waals surface area contributed by atoms with E-state index in [1.165, 1.54) is 6.42 Å². The van der Waals surface area contributed by atoms with Crippen molar-refractivity contribution in [3.8, 4) is 0 Å². The minimum absolute atomic E-state index is 0.0292. The van der Waals surface area contributed by atoms with E-state index in [1.807, 2.05) is 4.90 Å². The van der Waals surface area contributed by atoms with Crippen molar-refractivity contribution in [2.75, 3.05) is 11.4 Å². The summed E-state index contributed by atoms with van der Waals surface area (Å²) in [5, 5.41) is 0. The Labute approximate surface area is 113 Å². The quantitative estimate of drug-likeness (QED) is 0.904. The van der Waals surface area contributed by atoms with Crippen molar-refractivity contribution >= 4 is 5.69 Å². The summed E-state index contributed by atoms with van der Waals surface area (Å²) >= 11 is 0. The van der Waals surface area contributed by atoms with Crippen LogP contribution in [0.3, 0.4) is 0 Å². The van der Waals surface area contributed by atoms with Gasteiger partial charge in [-0.3, -0.25) is 0 Å². The SMILES string of the molecule is CCCC1CCCCN1c1ccc(CN)c(F)c1F. The van der Waals surface area contributed by atoms with Gasteiger partial charge in [0.1, 0.15) is 0 Å². The van der Waals surface area contributed by atoms with Crippen molar-refractivity contribution in [3.05, 3.63) is 29.3 Å². The van der Waals surface area contributed by atoms with Gasteiger partial charge in [0, 0.05) is 24.7 Å². The number of halogens is 2. The van der Waals surface area contributed by atoms with Gasteiger partial charge in [-0.25, -0.2) is 8.78 Å². The predicted octanol–water partition coefficient (Wildman–Crippen LogP) is 3.58. The van der Waals surface area contributed by atoms with E-state index in [4.69, 9.17) is 5.73 Å². The Bertz CT molecular complexity index is 432. The van der Waals surface area contributed by atoms with Crippen LogP contribution in [0.15, 0.2) is 12.1 Å². The van der Waals surface area contributed by atoms with Gasteiger partial charge in [-0.15, -0.1) is 0 Å². The third kappa shape index (κ3) is 2.89. The third-order valence-corrected chi connectivity index (χ3v) is 3.92. The first kappa shape index (κ1) is 14.3. The van der Waals surface area contributed by atoms with Crippen molar-refractivity contribution in [2.45, 2.75) is 51.6 Å². The Morgan fingerprint density at radius 2 is 2.05 bits per heavy atom. The second-order valence-corrected chi connectivity index (χ2v) is 5.21. The first-order valence-corrected chi connectivity index (χ1v) is 7.12. The molecule has 0 radical (unpaired) electrons. The Morgan fingerprint density at radius 1 is 1.26 bits per heavy atom. The number of piperidine rings is 1. The molecule has 4 heteroatoms. The largest absolute Gasteiger partial charge is 0.366 e. The third-order valence-electron chi connectivity index (χ3n) is 3.92. The molecule has 2 rings (SSSR count). The first-order chi connectivity index (χ1) is 9.19. The maximum Gasteiger partial charge on any atom is 0.182 e. The van der Waals surface area contributed by atoms with Crippen LogP contribution in [0.5, 0.6) is 0 Å². The topological polar surface area (TPSA) is 29.3 Å². The number of nitrogens with zero attached hydrogens (tertiary/aromatic N) is 1. The van der Waals surface area contributed by atoms with Crippen LogP contribution in [0.4, 0.5) is 14.5 Å². The molecule has 1 aromatic carbocycles. The zero-order valence-corrected chi connectivity index (χ0v) is 11.5. The van der Waals surface area contributed by atoms with E-state index in [-0.39, 0.29) is 12.1 Å². The summed E-state index contributed by atoms with van der Waals surface area (Å²) in [6.45, 7) is 2.96. The molecule has 1 saturated heterocycles. The zero-order chi connectivity index (χ0) is 13.8. The lowest BCUT2D eigenvalue weighted by atomic mass is 9.97. The van der Waals surface area contributed by atoms with E-state index in [0.717, 1.165) is 32.2 Å². The number of hydrogen-bond donors (Lipinski definition) is 1. The highest BCUT2D eigenvalue weighted by atomic mass is 19.2. The molecular weight excluding hydrogens is 246 g/mol. The number of nitrogens with two attached hydrogens (primary N) is 1. The minimum Gasteiger partial charge on any atom is -0.366 e. The molecule has 0 spiro atoms. The lowest BCUT2D eigenvalue weighted by Gasteiger charge is -2.38. The van der Waals surface area contributed by atoms with E-state index < -0.39 is 11.6 Å². The fourth-order valence-electron chi connectivity index (χ4n) is 2.91. The molecule has 2 N–H and O–H groups in total. The summed E-state index contributed by atoms with van der Waals surface area (Å²) < 4.78 is 28.0. The number of hydrogen-bond acceptors (Lipinski definition) is 2. The summed E-state index contributed by atoms with van der Waals surface area (Å²) in [7, 11) is 0. The van der Waals surface area contributed by atoms with Crippen molar-refractivity contribution in [1.82, 2.24) is 0 Å². The monoisotopic (exact) mass is 268 g/mol. The van der Waals surface area contributed by atoms with E-state index in [9.17, 15) is 8.78 Å². The van der Waals surface area contributed by atoms with Crippen LogP contribution in [0.1, 0.15) is 44.6 Å². The molecule has 106 valence electrons. The van der Waals surface area contributed by atoms with Crippen LogP contribution in [0.25, 0.3) is 0 Å². The second kappa shape index (κ2) is 6.33. The van der Waals surface area contributed by atoms with Crippen LogP contribution in [-0.2, 0) is 6.54 Å². The smallest absolute Gasteiger partial charge is 0.182 e. The molecule has 0 aliphatic carbocycles. The second-order valence-electron chi connectivity index (χ2n) is 5.21. The zero-order valence-electron chi connectivity index (χ0n) is 11.5. The van der Waals surface area contributed by atoms with Gasteiger partial charge in [0.2, 0.25) is 0 Å². The summed E-state index contributed by atoms with van der Waals surface area (Å²) in [5.74, 6) is -1.54. The normalized spacial score (nSPS) is 19.8. The molecule has 1 fully saturated rings. The molecule has 0 saturated carbocycles. The lowest BCUT2D eigenvalue weighted by molar-refractivity contribution is 0.422. The number of benzene rings is 1. The van der Waals surface area contributed by atoms with Crippen LogP contribution >= 0.6 is 0 Å². The van der Waals surface area contributed by atoms with Gasteiger partial charge in [0.15, 0.2) is 11.6 Å². The number of rotatable bonds is 4. The Kier molecular flexibility index (Phi) is 4.75. The molecule has 1 aliphatic heterocycles. The van der Waals surface area contributed by atoms with Crippen LogP contribution in [0.2, 0.25) is 0 Å². The van der Waals surface area contributed by atoms with Crippen LogP contribution < -0.4 is 10.6 Å². The van der Waals surface area contributed by atoms with Gasteiger partial charge < -0.3 is 10.6 Å². The Balaban J connectivity index is 2.31. The van der Waals surface area contributed by atoms with Gasteiger partial charge in [0.05, 0.1) is 5.69 Å². The standard InChI is InChI=1S/C15H22F2N2/c1-2-5-12-6-3-4-9-19(12)13-8-7-11(10-18)14(16)15(13)17/h7-8,12H,2-6,9-10,18H2,1H3. The van der Waals surface area contributed by atoms with Gasteiger partial charge in [-0.1, -0.05) is 19.4 Å². The summed E-state index contributed by atoms with van der Waals surface area (Å²) in [6, 6.07) is 3.61. The summed E-state index contributed by atoms with van der Waals surface area (Å²) in [5.41, 5.74) is 6.04. The molecule has 1 heterocycles. The maximum absolute atomic E-state index is 14.2. The predicted molar refractivity (Wildman–Crippen MR) is 74.1 cm³/mol. The molecule has 0 aromatic heterocycles. The van der Waals surface area contributed by atoms with Gasteiger partial charge in [0.25, 0.3) is 0 Å². The molecule has 1 unspecified atom stereocenters. The van der Waals surface area contributed by atoms with Gasteiger partial charge in [-0.05, 0) is 31.7 Å². The van der Waals surface area contributed by atoms with Crippen LogP contribution in [-0.4, -0.2) is 12.6 Å². The van der Waals surface area contributed by atoms with E-state index in [2.05, 4.69) is 6.92 Å². The van der Waals surface area contributed by atoms with Crippen LogP contribution in [0, 0.1) is 11.6 Å². The highest BCUT2D eigenvalue weighted by molar-refractivity contribution is 5.51. The minimum atomic E-state index is -0.791. The maximum atomic E-state index is 14.2. The first-order valence-electron chi connectivity index (χ1n) is 7.12.